The molecule has 328 valence electrons. The summed E-state index contributed by atoms with van der Waals surface area (Å²) in [6.45, 7) is 0. The maximum absolute atomic E-state index is 12.1. The summed E-state index contributed by atoms with van der Waals surface area (Å²) < 4.78 is 6.69. The number of aryl methyl sites for hydroxylation is 3. The zero-order valence-electron chi connectivity index (χ0n) is 34.9. The fourth-order valence-corrected chi connectivity index (χ4v) is 7.52. The van der Waals surface area contributed by atoms with Gasteiger partial charge in [0, 0.05) is 78.5 Å². The monoisotopic (exact) mass is 903 g/mol. The highest BCUT2D eigenvalue weighted by atomic mass is 79.9. The van der Waals surface area contributed by atoms with E-state index in [1.54, 1.807) is 7.05 Å². The highest BCUT2D eigenvalue weighted by Gasteiger charge is 2.28. The van der Waals surface area contributed by atoms with Crippen molar-refractivity contribution in [3.8, 4) is 0 Å². The summed E-state index contributed by atoms with van der Waals surface area (Å²) in [5, 5.41) is 18.0. The van der Waals surface area contributed by atoms with Crippen molar-refractivity contribution in [1.82, 2.24) is 47.9 Å². The molecule has 3 saturated carbocycles. The van der Waals surface area contributed by atoms with Gasteiger partial charge in [-0.15, -0.1) is 22.6 Å². The minimum absolute atomic E-state index is 0. The molecule has 0 radical (unpaired) electrons. The Labute approximate surface area is 351 Å². The van der Waals surface area contributed by atoms with E-state index in [1.807, 2.05) is 0 Å². The number of nitrogens with one attached hydrogen (secondary N) is 2. The fourth-order valence-electron chi connectivity index (χ4n) is 7.01. The van der Waals surface area contributed by atoms with Crippen LogP contribution in [0.1, 0.15) is 77.0 Å². The first-order valence-electron chi connectivity index (χ1n) is 19.3. The number of hydrogen-bond donors (Lipinski definition) is 5. The van der Waals surface area contributed by atoms with E-state index in [1.165, 1.54) is 59.2 Å². The molecule has 6 rings (SSSR count). The number of rotatable bonds is 5. The number of hydrogen-bond acceptors (Lipinski definition) is 15. The Balaban J connectivity index is 0.000000280. The predicted molar refractivity (Wildman–Crippen MR) is 231 cm³/mol. The van der Waals surface area contributed by atoms with E-state index >= 15 is 0 Å². The van der Waals surface area contributed by atoms with Gasteiger partial charge in [0.1, 0.15) is 0 Å². The van der Waals surface area contributed by atoms with Gasteiger partial charge in [0.2, 0.25) is 11.6 Å². The lowest BCUT2D eigenvalue weighted by atomic mass is 9.89. The van der Waals surface area contributed by atoms with E-state index in [0.29, 0.717) is 6.04 Å². The van der Waals surface area contributed by atoms with Crippen molar-refractivity contribution in [2.75, 3.05) is 24.7 Å². The highest BCUT2D eigenvalue weighted by molar-refractivity contribution is 9.10. The van der Waals surface area contributed by atoms with Crippen LogP contribution in [-0.2, 0) is 42.3 Å². The Morgan fingerprint density at radius 3 is 1.29 bits per heavy atom. The SMILES string of the molecule is CN(C)[C@H]1CCCC[C@H]1Nc1nn(C)c(=O)n(C)c1=O.Cl.Cn1nc(Br)c(=O)n(C)c1=O.Cn1nc(N[C@@H]2CCCC[C@@H]2N)c(=O)n(C)c1=O.N[C@@H]1CCCC[C@@H]1N. The minimum Gasteiger partial charge on any atom is -0.360 e. The Morgan fingerprint density at radius 1 is 0.534 bits per heavy atom. The van der Waals surface area contributed by atoms with E-state index in [9.17, 15) is 28.8 Å². The maximum atomic E-state index is 12.1. The smallest absolute Gasteiger partial charge is 0.346 e. The lowest BCUT2D eigenvalue weighted by Gasteiger charge is -2.36. The first-order chi connectivity index (χ1) is 26.8. The van der Waals surface area contributed by atoms with Crippen LogP contribution in [0, 0.1) is 0 Å². The van der Waals surface area contributed by atoms with E-state index in [4.69, 9.17) is 17.2 Å². The molecule has 0 aromatic carbocycles. The molecular formula is C35H63BrClN15O6. The second-order valence-electron chi connectivity index (χ2n) is 15.2. The van der Waals surface area contributed by atoms with Crippen molar-refractivity contribution < 1.29 is 0 Å². The van der Waals surface area contributed by atoms with Gasteiger partial charge < -0.3 is 32.7 Å². The average molecular weight is 905 g/mol. The van der Waals surface area contributed by atoms with Crippen LogP contribution in [0.4, 0.5) is 11.6 Å². The molecular weight excluding hydrogens is 842 g/mol. The summed E-state index contributed by atoms with van der Waals surface area (Å²) in [5.74, 6) is 0.454. The number of anilines is 2. The van der Waals surface area contributed by atoms with Crippen LogP contribution < -0.4 is 61.6 Å². The van der Waals surface area contributed by atoms with E-state index in [-0.39, 0.29) is 64.4 Å². The van der Waals surface area contributed by atoms with E-state index in [0.717, 1.165) is 80.9 Å². The Hall–Kier alpha value is -3.96. The number of halogens is 2. The summed E-state index contributed by atoms with van der Waals surface area (Å²) >= 11 is 2.93. The van der Waals surface area contributed by atoms with Crippen LogP contribution in [0.15, 0.2) is 33.4 Å². The van der Waals surface area contributed by atoms with Gasteiger partial charge in [0.05, 0.1) is 0 Å². The van der Waals surface area contributed by atoms with Crippen LogP contribution in [0.2, 0.25) is 0 Å². The molecule has 0 saturated heterocycles. The van der Waals surface area contributed by atoms with Crippen molar-refractivity contribution in [1.29, 1.82) is 0 Å². The van der Waals surface area contributed by atoms with Crippen LogP contribution in [-0.4, -0.2) is 98.3 Å². The van der Waals surface area contributed by atoms with Gasteiger partial charge in [-0.05, 0) is 68.6 Å². The van der Waals surface area contributed by atoms with Gasteiger partial charge in [-0.1, -0.05) is 38.5 Å². The molecule has 0 spiro atoms. The quantitative estimate of drug-likeness (QED) is 0.201. The molecule has 3 aliphatic rings. The van der Waals surface area contributed by atoms with Crippen LogP contribution >= 0.6 is 28.3 Å². The largest absolute Gasteiger partial charge is 0.360 e. The summed E-state index contributed by atoms with van der Waals surface area (Å²) in [6.07, 6.45) is 13.4. The van der Waals surface area contributed by atoms with Gasteiger partial charge in [-0.2, -0.15) is 5.10 Å². The van der Waals surface area contributed by atoms with Gasteiger partial charge in [-0.3, -0.25) is 28.1 Å². The van der Waals surface area contributed by atoms with Crippen molar-refractivity contribution in [3.63, 3.8) is 0 Å². The Bertz CT molecular complexity index is 2120. The molecule has 8 N–H and O–H groups in total. The second-order valence-corrected chi connectivity index (χ2v) is 15.9. The first-order valence-corrected chi connectivity index (χ1v) is 20.1. The molecule has 3 heterocycles. The molecule has 23 heteroatoms. The van der Waals surface area contributed by atoms with Crippen molar-refractivity contribution in [2.45, 2.75) is 113 Å². The Kier molecular flexibility index (Phi) is 19.9. The topological polar surface area (TPSA) is 276 Å². The molecule has 0 bridgehead atoms. The summed E-state index contributed by atoms with van der Waals surface area (Å²) in [4.78, 5) is 71.3. The van der Waals surface area contributed by atoms with Gasteiger partial charge in [-0.25, -0.2) is 28.4 Å². The molecule has 3 fully saturated rings. The number of aromatic nitrogens is 9. The molecule has 0 unspecified atom stereocenters. The molecule has 0 aliphatic heterocycles. The standard InChI is InChI=1S/C13H23N5O2.C11H19N5O2.C6H14N2.C5H6BrN3O2.ClH/c1-16(2)10-8-6-5-7-9(10)14-11-12(19)17(3)13(20)18(4)15-11;1-15-10(17)9(14-16(2)11(15)18)13-8-6-4-3-5-7(8)12;7-5-3-1-2-4-6(5)8;1-8-4(10)3(6)7-9(2)5(8)11;/h9-10H,5-8H2,1-4H3,(H,14,15);7-8H,3-6,12H2,1-2H3,(H,13,14);5-6H,1-4,7-8H2;1-2H3;1H/t9-,10+;7-,8+;5-,6+;;/m10.../s1. The molecule has 3 aliphatic carbocycles. The van der Waals surface area contributed by atoms with Crippen molar-refractivity contribution in [3.05, 3.63) is 67.1 Å². The summed E-state index contributed by atoms with van der Waals surface area (Å²) in [5.41, 5.74) is 14.9. The lowest BCUT2D eigenvalue weighted by Crippen LogP contribution is -2.48. The zero-order valence-corrected chi connectivity index (χ0v) is 37.3. The van der Waals surface area contributed by atoms with E-state index < -0.39 is 28.2 Å². The minimum atomic E-state index is -0.432. The van der Waals surface area contributed by atoms with Crippen LogP contribution in [0.3, 0.4) is 0 Å². The average Bonchev–Trinajstić information content (AvgIpc) is 3.18. The maximum Gasteiger partial charge on any atom is 0.346 e. The van der Waals surface area contributed by atoms with E-state index in [2.05, 4.69) is 60.9 Å². The zero-order chi connectivity index (χ0) is 42.7. The molecule has 0 amide bonds. The normalized spacial score (nSPS) is 22.8. The number of nitrogens with zero attached hydrogens (tertiary/aromatic N) is 10. The molecule has 58 heavy (non-hydrogen) atoms. The van der Waals surface area contributed by atoms with Gasteiger partial charge in [0.15, 0.2) is 4.60 Å². The number of nitrogens with two attached hydrogens (primary N) is 3. The predicted octanol–water partition coefficient (Wildman–Crippen LogP) is -1.20. The summed E-state index contributed by atoms with van der Waals surface area (Å²) in [7, 11) is 13.0. The van der Waals surface area contributed by atoms with Gasteiger partial charge in [0.25, 0.3) is 16.7 Å². The molecule has 3 aromatic rings. The van der Waals surface area contributed by atoms with Crippen LogP contribution in [0.5, 0.6) is 0 Å². The molecule has 21 nitrogen and oxygen atoms in total. The number of likely N-dealkylation sites (N-methyl/N-ethyl adjacent to an activating group) is 1. The van der Waals surface area contributed by atoms with Crippen LogP contribution in [0.25, 0.3) is 0 Å². The third-order valence-electron chi connectivity index (χ3n) is 10.7. The summed E-state index contributed by atoms with van der Waals surface area (Å²) in [6, 6.07) is 1.22. The first kappa shape index (κ1) is 50.2. The third kappa shape index (κ3) is 13.3. The second kappa shape index (κ2) is 23.0. The van der Waals surface area contributed by atoms with Gasteiger partial charge >= 0.3 is 17.1 Å². The third-order valence-corrected chi connectivity index (χ3v) is 11.2. The Morgan fingerprint density at radius 2 is 0.879 bits per heavy atom. The molecule has 3 aromatic heterocycles. The molecule has 6 atom stereocenters. The fraction of sp³-hybridized carbons (Fsp3) is 0.743. The van der Waals surface area contributed by atoms with Crippen molar-refractivity contribution in [2.24, 2.45) is 59.5 Å². The lowest BCUT2D eigenvalue weighted by molar-refractivity contribution is 0.211. The highest BCUT2D eigenvalue weighted by Crippen LogP contribution is 2.23. The van der Waals surface area contributed by atoms with Crippen molar-refractivity contribution >= 4 is 40.0 Å².